The summed E-state index contributed by atoms with van der Waals surface area (Å²) in [6, 6.07) is 8.41. The van der Waals surface area contributed by atoms with Gasteiger partial charge in [0.2, 0.25) is 11.8 Å². The van der Waals surface area contributed by atoms with Gasteiger partial charge in [-0.1, -0.05) is 44.4 Å². The highest BCUT2D eigenvalue weighted by molar-refractivity contribution is 5.93. The Morgan fingerprint density at radius 3 is 2.23 bits per heavy atom. The summed E-state index contributed by atoms with van der Waals surface area (Å²) in [7, 11) is 0. The molecule has 0 radical (unpaired) electrons. The second-order valence-corrected chi connectivity index (χ2v) is 8.58. The SMILES string of the molecule is CCc1ccccc1NC(=O)CN1CCN(CC(=O)N(CC)C2CCCCC2)CC1. The van der Waals surface area contributed by atoms with Crippen LogP contribution in [0.15, 0.2) is 24.3 Å². The van der Waals surface area contributed by atoms with Gasteiger partial charge in [0.1, 0.15) is 0 Å². The third-order valence-electron chi connectivity index (χ3n) is 6.54. The molecule has 0 unspecified atom stereocenters. The van der Waals surface area contributed by atoms with Crippen LogP contribution in [0.4, 0.5) is 5.69 Å². The molecule has 0 atom stereocenters. The van der Waals surface area contributed by atoms with Gasteiger partial charge in [-0.05, 0) is 37.8 Å². The summed E-state index contributed by atoms with van der Waals surface area (Å²) in [5.74, 6) is 0.307. The van der Waals surface area contributed by atoms with Gasteiger partial charge in [0, 0.05) is 44.5 Å². The highest BCUT2D eigenvalue weighted by Crippen LogP contribution is 2.23. The lowest BCUT2D eigenvalue weighted by atomic mass is 9.94. The van der Waals surface area contributed by atoms with Gasteiger partial charge in [-0.25, -0.2) is 0 Å². The Kier molecular flexibility index (Phi) is 8.70. The number of benzene rings is 1. The molecule has 1 aromatic carbocycles. The second kappa shape index (κ2) is 11.5. The Morgan fingerprint density at radius 2 is 1.60 bits per heavy atom. The fraction of sp³-hybridized carbons (Fsp3) is 0.667. The van der Waals surface area contributed by atoms with Gasteiger partial charge in [0.05, 0.1) is 13.1 Å². The van der Waals surface area contributed by atoms with E-state index < -0.39 is 0 Å². The van der Waals surface area contributed by atoms with Crippen molar-refractivity contribution < 1.29 is 9.59 Å². The van der Waals surface area contributed by atoms with Gasteiger partial charge < -0.3 is 10.2 Å². The zero-order valence-corrected chi connectivity index (χ0v) is 18.7. The molecule has 166 valence electrons. The number of nitrogens with one attached hydrogen (secondary N) is 1. The van der Waals surface area contributed by atoms with Crippen LogP contribution in [-0.4, -0.2) is 78.4 Å². The van der Waals surface area contributed by atoms with Crippen molar-refractivity contribution in [2.45, 2.75) is 58.4 Å². The second-order valence-electron chi connectivity index (χ2n) is 8.58. The van der Waals surface area contributed by atoms with Gasteiger partial charge in [-0.3, -0.25) is 19.4 Å². The monoisotopic (exact) mass is 414 g/mol. The molecular formula is C24H38N4O2. The quantitative estimate of drug-likeness (QED) is 0.711. The molecule has 30 heavy (non-hydrogen) atoms. The van der Waals surface area contributed by atoms with Gasteiger partial charge in [-0.15, -0.1) is 0 Å². The summed E-state index contributed by atoms with van der Waals surface area (Å²) in [6.07, 6.45) is 7.02. The van der Waals surface area contributed by atoms with Crippen LogP contribution >= 0.6 is 0 Å². The molecule has 0 spiro atoms. The van der Waals surface area contributed by atoms with E-state index in [0.717, 1.165) is 63.2 Å². The zero-order valence-electron chi connectivity index (χ0n) is 18.7. The van der Waals surface area contributed by atoms with E-state index in [-0.39, 0.29) is 11.8 Å². The smallest absolute Gasteiger partial charge is 0.238 e. The molecule has 0 aromatic heterocycles. The number of carbonyl (C=O) groups is 2. The van der Waals surface area contributed by atoms with Gasteiger partial charge in [0.15, 0.2) is 0 Å². The predicted octanol–water partition coefficient (Wildman–Crippen LogP) is 2.99. The maximum absolute atomic E-state index is 12.9. The van der Waals surface area contributed by atoms with Gasteiger partial charge in [-0.2, -0.15) is 0 Å². The van der Waals surface area contributed by atoms with Crippen molar-refractivity contribution in [1.29, 1.82) is 0 Å². The van der Waals surface area contributed by atoms with Crippen molar-refractivity contribution in [3.05, 3.63) is 29.8 Å². The van der Waals surface area contributed by atoms with E-state index in [1.165, 1.54) is 19.3 Å². The fourth-order valence-electron chi connectivity index (χ4n) is 4.76. The van der Waals surface area contributed by atoms with E-state index >= 15 is 0 Å². The van der Waals surface area contributed by atoms with E-state index in [2.05, 4.69) is 39.9 Å². The third kappa shape index (κ3) is 6.29. The minimum absolute atomic E-state index is 0.0369. The highest BCUT2D eigenvalue weighted by atomic mass is 16.2. The first kappa shape index (κ1) is 22.8. The number of nitrogens with zero attached hydrogens (tertiary/aromatic N) is 3. The first-order valence-electron chi connectivity index (χ1n) is 11.7. The van der Waals surface area contributed by atoms with Crippen LogP contribution in [0.1, 0.15) is 51.5 Å². The lowest BCUT2D eigenvalue weighted by Gasteiger charge is -2.37. The summed E-state index contributed by atoms with van der Waals surface area (Å²) < 4.78 is 0. The van der Waals surface area contributed by atoms with Crippen LogP contribution in [0.25, 0.3) is 0 Å². The molecule has 2 aliphatic rings. The number of hydrogen-bond acceptors (Lipinski definition) is 4. The van der Waals surface area contributed by atoms with Crippen molar-refractivity contribution in [2.75, 3.05) is 51.1 Å². The summed E-state index contributed by atoms with van der Waals surface area (Å²) >= 11 is 0. The standard InChI is InChI=1S/C24H38N4O2/c1-3-20-10-8-9-13-22(20)25-23(29)18-26-14-16-27(17-15-26)19-24(30)28(4-2)21-11-6-5-7-12-21/h8-10,13,21H,3-7,11-12,14-19H2,1-2H3,(H,25,29). The number of piperazine rings is 1. The molecular weight excluding hydrogens is 376 g/mol. The maximum atomic E-state index is 12.9. The summed E-state index contributed by atoms with van der Waals surface area (Å²) in [5, 5.41) is 3.06. The number of likely N-dealkylation sites (N-methyl/N-ethyl adjacent to an activating group) is 1. The number of carbonyl (C=O) groups excluding carboxylic acids is 2. The summed E-state index contributed by atoms with van der Waals surface area (Å²) in [6.45, 7) is 9.25. The number of aryl methyl sites for hydroxylation is 1. The van der Waals surface area contributed by atoms with Crippen LogP contribution in [0.2, 0.25) is 0 Å². The Balaban J connectivity index is 1.42. The van der Waals surface area contributed by atoms with Crippen molar-refractivity contribution in [3.8, 4) is 0 Å². The molecule has 6 nitrogen and oxygen atoms in total. The van der Waals surface area contributed by atoms with Gasteiger partial charge >= 0.3 is 0 Å². The number of para-hydroxylation sites is 1. The normalized spacial score (nSPS) is 18.9. The third-order valence-corrected chi connectivity index (χ3v) is 6.54. The van der Waals surface area contributed by atoms with Crippen molar-refractivity contribution in [3.63, 3.8) is 0 Å². The average Bonchev–Trinajstić information content (AvgIpc) is 2.77. The number of hydrogen-bond donors (Lipinski definition) is 1. The van der Waals surface area contributed by atoms with E-state index in [1.807, 2.05) is 18.2 Å². The van der Waals surface area contributed by atoms with Crippen molar-refractivity contribution in [1.82, 2.24) is 14.7 Å². The molecule has 1 saturated carbocycles. The summed E-state index contributed by atoms with van der Waals surface area (Å²) in [5.41, 5.74) is 2.07. The van der Waals surface area contributed by atoms with E-state index in [1.54, 1.807) is 0 Å². The Hall–Kier alpha value is -1.92. The van der Waals surface area contributed by atoms with Crippen molar-refractivity contribution >= 4 is 17.5 Å². The highest BCUT2D eigenvalue weighted by Gasteiger charge is 2.27. The molecule has 1 aliphatic carbocycles. The molecule has 2 amide bonds. The Bertz CT molecular complexity index is 694. The minimum Gasteiger partial charge on any atom is -0.339 e. The van der Waals surface area contributed by atoms with Crippen LogP contribution in [0.5, 0.6) is 0 Å². The van der Waals surface area contributed by atoms with E-state index in [0.29, 0.717) is 19.1 Å². The Labute approximate surface area is 181 Å². The van der Waals surface area contributed by atoms with Gasteiger partial charge in [0.25, 0.3) is 0 Å². The van der Waals surface area contributed by atoms with Crippen LogP contribution < -0.4 is 5.32 Å². The lowest BCUT2D eigenvalue weighted by molar-refractivity contribution is -0.135. The molecule has 0 bridgehead atoms. The van der Waals surface area contributed by atoms with Crippen LogP contribution in [-0.2, 0) is 16.0 Å². The number of amides is 2. The predicted molar refractivity (Wildman–Crippen MR) is 122 cm³/mol. The lowest BCUT2D eigenvalue weighted by Crippen LogP contribution is -2.52. The molecule has 2 fully saturated rings. The molecule has 1 aliphatic heterocycles. The molecule has 1 saturated heterocycles. The average molecular weight is 415 g/mol. The Morgan fingerprint density at radius 1 is 0.967 bits per heavy atom. The molecule has 1 heterocycles. The number of rotatable bonds is 8. The van der Waals surface area contributed by atoms with Crippen LogP contribution in [0.3, 0.4) is 0 Å². The topological polar surface area (TPSA) is 55.9 Å². The van der Waals surface area contributed by atoms with E-state index in [9.17, 15) is 9.59 Å². The first-order chi connectivity index (χ1) is 14.6. The minimum atomic E-state index is 0.0369. The fourth-order valence-corrected chi connectivity index (χ4v) is 4.76. The summed E-state index contributed by atoms with van der Waals surface area (Å²) in [4.78, 5) is 31.9. The molecule has 3 rings (SSSR count). The zero-order chi connectivity index (χ0) is 21.3. The largest absolute Gasteiger partial charge is 0.339 e. The first-order valence-corrected chi connectivity index (χ1v) is 11.7. The maximum Gasteiger partial charge on any atom is 0.238 e. The van der Waals surface area contributed by atoms with Crippen molar-refractivity contribution in [2.24, 2.45) is 0 Å². The molecule has 6 heteroatoms. The van der Waals surface area contributed by atoms with E-state index in [4.69, 9.17) is 0 Å². The number of anilines is 1. The molecule has 1 aromatic rings. The molecule has 1 N–H and O–H groups in total. The van der Waals surface area contributed by atoms with Crippen LogP contribution in [0, 0.1) is 0 Å².